The monoisotopic (exact) mass is 1450 g/mol. The van der Waals surface area contributed by atoms with Gasteiger partial charge < -0.3 is 79.5 Å². The summed E-state index contributed by atoms with van der Waals surface area (Å²) in [6, 6.07) is -3.05. The summed E-state index contributed by atoms with van der Waals surface area (Å²) in [5.74, 6) is -16.8. The minimum atomic E-state index is -2.22. The number of hydrazone groups is 2. The van der Waals surface area contributed by atoms with Crippen molar-refractivity contribution in [3.63, 3.8) is 0 Å². The number of aromatic nitrogens is 4. The van der Waals surface area contributed by atoms with E-state index in [0.717, 1.165) is 90.5 Å². The van der Waals surface area contributed by atoms with Crippen LogP contribution in [-0.4, -0.2) is 297 Å². The first-order chi connectivity index (χ1) is 48.8. The Labute approximate surface area is 595 Å². The second-order valence-corrected chi connectivity index (χ2v) is 26.2. The molecule has 38 heteroatoms. The predicted octanol–water partition coefficient (Wildman–Crippen LogP) is -2.76. The van der Waals surface area contributed by atoms with Gasteiger partial charge >= 0.3 is 23.9 Å². The van der Waals surface area contributed by atoms with Gasteiger partial charge in [0.25, 0.3) is 23.6 Å². The van der Waals surface area contributed by atoms with Crippen molar-refractivity contribution >= 4 is 117 Å². The highest BCUT2D eigenvalue weighted by Crippen LogP contribution is 2.26. The lowest BCUT2D eigenvalue weighted by atomic mass is 9.97. The Kier molecular flexibility index (Phi) is 26.1. The summed E-state index contributed by atoms with van der Waals surface area (Å²) >= 11 is 0. The minimum absolute atomic E-state index is 0.183. The molecule has 0 unspecified atom stereocenters. The molecule has 0 spiro atoms. The number of cyclic esters (lactones) is 2. The van der Waals surface area contributed by atoms with Gasteiger partial charge in [0, 0.05) is 65.6 Å². The van der Waals surface area contributed by atoms with Crippen LogP contribution in [0.15, 0.2) is 59.0 Å². The molecule has 10 amide bonds. The lowest BCUT2D eigenvalue weighted by Gasteiger charge is -2.37. The average molecular weight is 1450 g/mol. The Morgan fingerprint density at radius 2 is 0.904 bits per heavy atom. The number of methoxy groups -OCH3 is 2. The van der Waals surface area contributed by atoms with E-state index in [1.54, 1.807) is 0 Å². The summed E-state index contributed by atoms with van der Waals surface area (Å²) in [6.45, 7) is 4.35. The maximum Gasteiger partial charge on any atom is 0.331 e. The Balaban J connectivity index is 1.28. The number of ether oxygens (including phenoxy) is 6. The molecule has 7 rings (SSSR count). The van der Waals surface area contributed by atoms with E-state index in [4.69, 9.17) is 28.4 Å². The number of carbonyl (C=O) groups is 14. The summed E-state index contributed by atoms with van der Waals surface area (Å²) < 4.78 is 33.3. The molecule has 0 radical (unpaired) electrons. The molecule has 3 aliphatic rings. The number of aliphatic hydroxyl groups is 2. The van der Waals surface area contributed by atoms with Gasteiger partial charge in [-0.25, -0.2) is 29.6 Å². The second kappa shape index (κ2) is 34.0. The fourth-order valence-electron chi connectivity index (χ4n) is 10.8. The fourth-order valence-corrected chi connectivity index (χ4v) is 10.8. The maximum absolute atomic E-state index is 15.2. The molecule has 560 valence electrons. The molecule has 38 nitrogen and oxygen atoms in total. The van der Waals surface area contributed by atoms with Gasteiger partial charge in [0.1, 0.15) is 60.4 Å². The number of fused-ring (bicyclic) bond motifs is 4. The van der Waals surface area contributed by atoms with Gasteiger partial charge in [0.15, 0.2) is 24.2 Å². The molecule has 0 aliphatic carbocycles. The number of nitrogens with zero attached hydrogens (tertiary/aromatic N) is 12. The third kappa shape index (κ3) is 19.6. The van der Waals surface area contributed by atoms with Crippen molar-refractivity contribution in [2.45, 2.75) is 128 Å². The normalized spacial score (nSPS) is 22.6. The number of amides is 10. The number of carbonyl (C=O) groups excluding carboxylic acids is 14. The first kappa shape index (κ1) is 79.9. The Hall–Kier alpha value is -11.4. The first-order valence-corrected chi connectivity index (χ1v) is 32.5. The molecular weight excluding hydrogens is 1370 g/mol. The molecule has 4 aromatic rings. The molecular formula is C66H84N16O22. The summed E-state index contributed by atoms with van der Waals surface area (Å²) in [5.41, 5.74) is -4.29. The number of benzene rings is 2. The van der Waals surface area contributed by atoms with Crippen molar-refractivity contribution in [2.75, 3.05) is 81.8 Å². The summed E-state index contributed by atoms with van der Waals surface area (Å²) in [7, 11) is 7.19. The first-order valence-electron chi connectivity index (χ1n) is 32.5. The number of nitrogens with one attached hydrogen (secondary N) is 4. The van der Waals surface area contributed by atoms with E-state index in [2.05, 4.69) is 51.4 Å². The molecule has 0 saturated carbocycles. The van der Waals surface area contributed by atoms with Gasteiger partial charge in [0.05, 0.1) is 97.9 Å². The van der Waals surface area contributed by atoms with Crippen LogP contribution in [-0.2, 0) is 76.5 Å². The third-order valence-corrected chi connectivity index (χ3v) is 16.5. The number of hydrogen-bond donors (Lipinski definition) is 6. The summed E-state index contributed by atoms with van der Waals surface area (Å²) in [4.78, 5) is 220. The number of esters is 4. The van der Waals surface area contributed by atoms with E-state index in [0.29, 0.717) is 31.3 Å². The molecule has 0 bridgehead atoms. The van der Waals surface area contributed by atoms with Crippen LogP contribution in [0.3, 0.4) is 0 Å². The zero-order valence-electron chi connectivity index (χ0n) is 59.6. The Morgan fingerprint density at radius 1 is 0.548 bits per heavy atom. The highest BCUT2D eigenvalue weighted by molar-refractivity contribution is 6.02. The largest absolute Gasteiger partial charge is 0.497 e. The van der Waals surface area contributed by atoms with Gasteiger partial charge in [-0.1, -0.05) is 27.7 Å². The second-order valence-electron chi connectivity index (χ2n) is 26.2. The van der Waals surface area contributed by atoms with E-state index < -0.39 is 205 Å². The maximum atomic E-state index is 15.2. The molecule has 1 fully saturated rings. The van der Waals surface area contributed by atoms with Crippen molar-refractivity contribution in [2.24, 2.45) is 22.0 Å². The molecule has 6 N–H and O–H groups in total. The Bertz CT molecular complexity index is 3810. The quantitative estimate of drug-likeness (QED) is 0.0618. The van der Waals surface area contributed by atoms with Crippen molar-refractivity contribution in [3.05, 3.63) is 60.2 Å². The zero-order chi connectivity index (χ0) is 77.0. The standard InChI is InChI=1S/C66H84N16O22/c1-33(2)61(93)103-45-19-21-71-81-51(45)57(89)69-27-47(83)77(9)29-49(85)79(11)54(66(7,8)98)64(96)102-32-44(76-56(88)42-26-68-40-24-36(100-14)16-18-38(40)74-42)60(92)82-52(46(20-22-72-82)104-62(94)34(3)4)58(90)70-28-48(84)78(10)30-50(86)80(12)53(65(5,6)97)63(95)101-31-43(59(81)91)75-55(87)41-25-67-39-23-35(99-13)15-17-37(39)73-41/h15-18,21-26,33-34,43-46,51-54,97-98H,19-20,27-32H2,1-14H3,(H,69,89)(H,70,90)(H,75,87)(H,76,88)/t43-,44-,45+,46+,51+,52+,53-,54-/m1/s1. The van der Waals surface area contributed by atoms with Crippen LogP contribution in [0.5, 0.6) is 11.5 Å². The van der Waals surface area contributed by atoms with E-state index in [-0.39, 0.29) is 34.9 Å². The fraction of sp³-hybridized carbons (Fsp3) is 0.515. The van der Waals surface area contributed by atoms with Crippen molar-refractivity contribution in [1.82, 2.24) is 70.8 Å². The average Bonchev–Trinajstić information content (AvgIpc) is 0.803. The molecule has 104 heavy (non-hydrogen) atoms. The zero-order valence-corrected chi connectivity index (χ0v) is 59.6. The van der Waals surface area contributed by atoms with Crippen LogP contribution in [0.1, 0.15) is 89.2 Å². The van der Waals surface area contributed by atoms with Crippen molar-refractivity contribution < 1.29 is 106 Å². The van der Waals surface area contributed by atoms with E-state index in [1.165, 1.54) is 78.3 Å². The molecule has 1 saturated heterocycles. The van der Waals surface area contributed by atoms with Crippen LogP contribution in [0.2, 0.25) is 0 Å². The highest BCUT2D eigenvalue weighted by Gasteiger charge is 2.49. The topological polar surface area (TPSA) is 479 Å². The van der Waals surface area contributed by atoms with Crippen molar-refractivity contribution in [3.8, 4) is 11.5 Å². The van der Waals surface area contributed by atoms with Crippen molar-refractivity contribution in [1.29, 1.82) is 0 Å². The van der Waals surface area contributed by atoms with Crippen LogP contribution in [0, 0.1) is 11.8 Å². The number of likely N-dealkylation sites (N-methyl/N-ethyl adjacent to an activating group) is 4. The van der Waals surface area contributed by atoms with E-state index in [1.807, 2.05) is 0 Å². The lowest BCUT2D eigenvalue weighted by Crippen LogP contribution is -2.62. The smallest absolute Gasteiger partial charge is 0.331 e. The summed E-state index contributed by atoms with van der Waals surface area (Å²) in [6.07, 6.45) is 0.508. The summed E-state index contributed by atoms with van der Waals surface area (Å²) in [5, 5.41) is 41.9. The predicted molar refractivity (Wildman–Crippen MR) is 361 cm³/mol. The minimum Gasteiger partial charge on any atom is -0.497 e. The van der Waals surface area contributed by atoms with Gasteiger partial charge in [-0.3, -0.25) is 67.5 Å². The third-order valence-electron chi connectivity index (χ3n) is 16.5. The number of rotatable bonds is 12. The van der Waals surface area contributed by atoms with Gasteiger partial charge in [-0.2, -0.15) is 10.2 Å². The number of hydrogen-bond acceptors (Lipinski definition) is 28. The van der Waals surface area contributed by atoms with Crippen LogP contribution in [0.4, 0.5) is 0 Å². The van der Waals surface area contributed by atoms with Crippen LogP contribution >= 0.6 is 0 Å². The molecule has 2 aromatic heterocycles. The molecule has 3 aliphatic heterocycles. The lowest BCUT2D eigenvalue weighted by molar-refractivity contribution is -0.168. The molecule has 8 atom stereocenters. The van der Waals surface area contributed by atoms with E-state index in [9.17, 15) is 67.7 Å². The molecule has 2 aromatic carbocycles. The van der Waals surface area contributed by atoms with Crippen LogP contribution in [0.25, 0.3) is 22.1 Å². The Morgan fingerprint density at radius 3 is 1.23 bits per heavy atom. The highest BCUT2D eigenvalue weighted by atomic mass is 16.6. The van der Waals surface area contributed by atoms with Crippen LogP contribution < -0.4 is 30.7 Å². The molecule has 5 heterocycles. The van der Waals surface area contributed by atoms with Gasteiger partial charge in [-0.15, -0.1) is 0 Å². The van der Waals surface area contributed by atoms with Gasteiger partial charge in [-0.05, 0) is 52.0 Å². The van der Waals surface area contributed by atoms with E-state index >= 15 is 9.59 Å². The van der Waals surface area contributed by atoms with Gasteiger partial charge in [0.2, 0.25) is 35.4 Å². The SMILES string of the molecule is COc1ccc2nc(C(=O)N[C@@H]3COC(=O)[C@H](C(C)(C)O)N(C)C(=O)CN(C)C(=O)CNC(=O)[C@@H]4[C@@H](OC(=O)C(C)C)CC=NN4C(=O)[C@H](NC(=O)c4cnc5cc(OC)ccc5n4)COC(=O)[C@H](C(C)(C)O)N(C)C(=O)CN(C)C(=O)CNC(=O)[C@@H]4[C@@H](OC(=O)C(C)C)CC=NN4C3=O)cnc2c1.